The fraction of sp³-hybridized carbons (Fsp3) is 0.391. The van der Waals surface area contributed by atoms with Crippen molar-refractivity contribution in [2.45, 2.75) is 30.7 Å². The Morgan fingerprint density at radius 1 is 1.09 bits per heavy atom. The Kier molecular flexibility index (Phi) is 8.29. The van der Waals surface area contributed by atoms with Crippen molar-refractivity contribution in [1.29, 1.82) is 0 Å². The van der Waals surface area contributed by atoms with Gasteiger partial charge < -0.3 is 19.1 Å². The first-order chi connectivity index (χ1) is 15.8. The molecule has 178 valence electrons. The van der Waals surface area contributed by atoms with Crippen molar-refractivity contribution in [2.24, 2.45) is 0 Å². The molecule has 2 aromatic rings. The van der Waals surface area contributed by atoms with E-state index >= 15 is 0 Å². The molecule has 0 aliphatic carbocycles. The van der Waals surface area contributed by atoms with Crippen LogP contribution in [0.3, 0.4) is 0 Å². The molecule has 0 aromatic heterocycles. The maximum atomic E-state index is 12.5. The second-order valence-corrected chi connectivity index (χ2v) is 9.33. The van der Waals surface area contributed by atoms with Crippen molar-refractivity contribution in [3.8, 4) is 11.5 Å². The van der Waals surface area contributed by atoms with Gasteiger partial charge >= 0.3 is 5.97 Å². The van der Waals surface area contributed by atoms with Gasteiger partial charge in [-0.3, -0.25) is 9.59 Å². The van der Waals surface area contributed by atoms with E-state index in [1.807, 2.05) is 37.3 Å². The standard InChI is InChI=1S/C23H28N2O7S/c1-17(18-7-4-3-5-8-18)25(2)22(26)16-32-23(27)9-6-12-24-33(28,29)19-10-11-20-21(15-19)31-14-13-30-20/h3-5,7-8,10-11,15,17,24H,6,9,12-14,16H2,1-2H3. The second kappa shape index (κ2) is 11.2. The number of hydrogen-bond acceptors (Lipinski definition) is 7. The molecule has 0 radical (unpaired) electrons. The van der Waals surface area contributed by atoms with Crippen molar-refractivity contribution in [3.63, 3.8) is 0 Å². The number of esters is 1. The molecule has 1 aliphatic rings. The summed E-state index contributed by atoms with van der Waals surface area (Å²) in [6, 6.07) is 13.8. The lowest BCUT2D eigenvalue weighted by atomic mass is 10.1. The molecule has 0 bridgehead atoms. The third-order valence-electron chi connectivity index (χ3n) is 5.29. The van der Waals surface area contributed by atoms with Crippen LogP contribution < -0.4 is 14.2 Å². The Hall–Kier alpha value is -3.11. The number of fused-ring (bicyclic) bond motifs is 1. The molecule has 1 amide bonds. The molecule has 1 unspecified atom stereocenters. The number of nitrogens with zero attached hydrogens (tertiary/aromatic N) is 1. The number of ether oxygens (including phenoxy) is 3. The Labute approximate surface area is 193 Å². The van der Waals surface area contributed by atoms with Crippen molar-refractivity contribution in [2.75, 3.05) is 33.4 Å². The lowest BCUT2D eigenvalue weighted by Gasteiger charge is -2.25. The molecular formula is C23H28N2O7S. The summed E-state index contributed by atoms with van der Waals surface area (Å²) in [6.45, 7) is 2.35. The SMILES string of the molecule is CC(c1ccccc1)N(C)C(=O)COC(=O)CCCNS(=O)(=O)c1ccc2c(c1)OCCO2. The maximum Gasteiger partial charge on any atom is 0.306 e. The molecule has 10 heteroatoms. The molecule has 1 heterocycles. The molecule has 1 atom stereocenters. The second-order valence-electron chi connectivity index (χ2n) is 7.56. The Balaban J connectivity index is 1.39. The molecule has 1 aliphatic heterocycles. The van der Waals surface area contributed by atoms with Gasteiger partial charge in [-0.15, -0.1) is 0 Å². The Morgan fingerprint density at radius 3 is 2.52 bits per heavy atom. The highest BCUT2D eigenvalue weighted by atomic mass is 32.2. The molecule has 2 aromatic carbocycles. The largest absolute Gasteiger partial charge is 0.486 e. The topological polar surface area (TPSA) is 111 Å². The molecule has 0 saturated carbocycles. The molecule has 0 spiro atoms. The number of rotatable bonds is 10. The van der Waals surface area contributed by atoms with E-state index in [-0.39, 0.29) is 42.8 Å². The lowest BCUT2D eigenvalue weighted by molar-refractivity contribution is -0.152. The average Bonchev–Trinajstić information content (AvgIpc) is 2.84. The minimum absolute atomic E-state index is 0.0190. The third kappa shape index (κ3) is 6.69. The average molecular weight is 477 g/mol. The fourth-order valence-electron chi connectivity index (χ4n) is 3.20. The van der Waals surface area contributed by atoms with Crippen LogP contribution in [-0.4, -0.2) is 58.6 Å². The number of carbonyl (C=O) groups excluding carboxylic acids is 2. The van der Waals surface area contributed by atoms with Crippen LogP contribution in [0.2, 0.25) is 0 Å². The highest BCUT2D eigenvalue weighted by Crippen LogP contribution is 2.32. The molecular weight excluding hydrogens is 448 g/mol. The van der Waals surface area contributed by atoms with Gasteiger partial charge in [-0.05, 0) is 31.0 Å². The minimum Gasteiger partial charge on any atom is -0.486 e. The van der Waals surface area contributed by atoms with Crippen LogP contribution >= 0.6 is 0 Å². The highest BCUT2D eigenvalue weighted by Gasteiger charge is 2.20. The van der Waals surface area contributed by atoms with E-state index in [1.54, 1.807) is 13.1 Å². The van der Waals surface area contributed by atoms with E-state index in [4.69, 9.17) is 14.2 Å². The van der Waals surface area contributed by atoms with Gasteiger partial charge in [-0.25, -0.2) is 13.1 Å². The predicted molar refractivity (Wildman–Crippen MR) is 120 cm³/mol. The van der Waals surface area contributed by atoms with Gasteiger partial charge in [0.2, 0.25) is 10.0 Å². The van der Waals surface area contributed by atoms with Gasteiger partial charge in [0.05, 0.1) is 10.9 Å². The molecule has 0 saturated heterocycles. The first kappa shape index (κ1) is 24.5. The van der Waals surface area contributed by atoms with E-state index in [9.17, 15) is 18.0 Å². The summed E-state index contributed by atoms with van der Waals surface area (Å²) in [5.41, 5.74) is 0.977. The number of benzene rings is 2. The van der Waals surface area contributed by atoms with E-state index in [0.717, 1.165) is 5.56 Å². The number of hydrogen-bond donors (Lipinski definition) is 1. The summed E-state index contributed by atoms with van der Waals surface area (Å²) in [4.78, 5) is 25.9. The number of nitrogens with one attached hydrogen (secondary N) is 1. The van der Waals surface area contributed by atoms with Crippen LogP contribution in [0.1, 0.15) is 31.4 Å². The number of sulfonamides is 1. The maximum absolute atomic E-state index is 12.5. The van der Waals surface area contributed by atoms with Crippen LogP contribution in [0.15, 0.2) is 53.4 Å². The van der Waals surface area contributed by atoms with Gasteiger partial charge in [0.25, 0.3) is 5.91 Å². The predicted octanol–water partition coefficient (Wildman–Crippen LogP) is 2.28. The molecule has 3 rings (SSSR count). The zero-order chi connectivity index (χ0) is 23.8. The van der Waals surface area contributed by atoms with Crippen LogP contribution in [0.5, 0.6) is 11.5 Å². The van der Waals surface area contributed by atoms with Crippen molar-refractivity contribution in [1.82, 2.24) is 9.62 Å². The summed E-state index contributed by atoms with van der Waals surface area (Å²) < 4.78 is 43.2. The summed E-state index contributed by atoms with van der Waals surface area (Å²) >= 11 is 0. The molecule has 9 nitrogen and oxygen atoms in total. The number of likely N-dealkylation sites (N-methyl/N-ethyl adjacent to an activating group) is 1. The summed E-state index contributed by atoms with van der Waals surface area (Å²) in [7, 11) is -2.11. The first-order valence-corrected chi connectivity index (χ1v) is 12.1. The molecule has 1 N–H and O–H groups in total. The number of carbonyl (C=O) groups is 2. The van der Waals surface area contributed by atoms with Gasteiger partial charge in [0.15, 0.2) is 18.1 Å². The third-order valence-corrected chi connectivity index (χ3v) is 6.75. The molecule has 33 heavy (non-hydrogen) atoms. The Bertz CT molecular complexity index is 1070. The van der Waals surface area contributed by atoms with E-state index in [0.29, 0.717) is 24.7 Å². The smallest absolute Gasteiger partial charge is 0.306 e. The normalized spacial score (nSPS) is 13.8. The van der Waals surface area contributed by atoms with Crippen molar-refractivity contribution >= 4 is 21.9 Å². The zero-order valence-electron chi connectivity index (χ0n) is 18.7. The van der Waals surface area contributed by atoms with Gasteiger partial charge in [0.1, 0.15) is 13.2 Å². The van der Waals surface area contributed by atoms with Crippen LogP contribution in [-0.2, 0) is 24.3 Å². The molecule has 0 fully saturated rings. The zero-order valence-corrected chi connectivity index (χ0v) is 19.5. The Morgan fingerprint density at radius 2 is 1.79 bits per heavy atom. The summed E-state index contributed by atoms with van der Waals surface area (Å²) in [5.74, 6) is -0.00752. The fourth-order valence-corrected chi connectivity index (χ4v) is 4.29. The van der Waals surface area contributed by atoms with Crippen molar-refractivity contribution < 1.29 is 32.2 Å². The van der Waals surface area contributed by atoms with E-state index in [2.05, 4.69) is 4.72 Å². The van der Waals surface area contributed by atoms with E-state index < -0.39 is 16.0 Å². The minimum atomic E-state index is -3.76. The monoisotopic (exact) mass is 476 g/mol. The number of amides is 1. The summed E-state index contributed by atoms with van der Waals surface area (Å²) in [6.07, 6.45) is 0.210. The summed E-state index contributed by atoms with van der Waals surface area (Å²) in [5, 5.41) is 0. The van der Waals surface area contributed by atoms with Crippen LogP contribution in [0, 0.1) is 0 Å². The lowest BCUT2D eigenvalue weighted by Crippen LogP contribution is -2.33. The first-order valence-electron chi connectivity index (χ1n) is 10.6. The van der Waals surface area contributed by atoms with Crippen LogP contribution in [0.25, 0.3) is 0 Å². The van der Waals surface area contributed by atoms with Gasteiger partial charge in [-0.2, -0.15) is 0 Å². The van der Waals surface area contributed by atoms with Gasteiger partial charge in [-0.1, -0.05) is 30.3 Å². The van der Waals surface area contributed by atoms with E-state index in [1.165, 1.54) is 17.0 Å². The highest BCUT2D eigenvalue weighted by molar-refractivity contribution is 7.89. The van der Waals surface area contributed by atoms with Crippen LogP contribution in [0.4, 0.5) is 0 Å². The van der Waals surface area contributed by atoms with Crippen molar-refractivity contribution in [3.05, 3.63) is 54.1 Å². The quantitative estimate of drug-likeness (QED) is 0.414. The van der Waals surface area contributed by atoms with Gasteiger partial charge in [0, 0.05) is 26.1 Å².